The van der Waals surface area contributed by atoms with Gasteiger partial charge in [0.05, 0.1) is 5.69 Å². The standard InChI is InChI=1S/C10H12N2S/c1-7-3-2-4-8-10(7)13-6-5-9(11)12-8/h2-4H,5-6H2,1H3,(H2,11,12). The van der Waals surface area contributed by atoms with Gasteiger partial charge in [-0.15, -0.1) is 11.8 Å². The lowest BCUT2D eigenvalue weighted by Gasteiger charge is -2.04. The maximum atomic E-state index is 5.74. The van der Waals surface area contributed by atoms with Gasteiger partial charge in [-0.2, -0.15) is 0 Å². The quantitative estimate of drug-likeness (QED) is 0.685. The average molecular weight is 192 g/mol. The summed E-state index contributed by atoms with van der Waals surface area (Å²) < 4.78 is 0. The van der Waals surface area contributed by atoms with E-state index in [9.17, 15) is 0 Å². The molecule has 2 rings (SSSR count). The van der Waals surface area contributed by atoms with Gasteiger partial charge in [0.15, 0.2) is 0 Å². The number of thioether (sulfide) groups is 1. The van der Waals surface area contributed by atoms with Crippen molar-refractivity contribution in [1.82, 2.24) is 0 Å². The maximum absolute atomic E-state index is 5.74. The first-order valence-electron chi connectivity index (χ1n) is 4.33. The Balaban J connectivity index is 2.53. The number of fused-ring (bicyclic) bond motifs is 1. The van der Waals surface area contributed by atoms with Crippen LogP contribution < -0.4 is 5.73 Å². The van der Waals surface area contributed by atoms with Crippen LogP contribution in [-0.2, 0) is 0 Å². The lowest BCUT2D eigenvalue weighted by Crippen LogP contribution is -2.10. The smallest absolute Gasteiger partial charge is 0.100 e. The molecule has 0 amide bonds. The summed E-state index contributed by atoms with van der Waals surface area (Å²) >= 11 is 1.85. The van der Waals surface area contributed by atoms with Crippen LogP contribution in [0.3, 0.4) is 0 Å². The third kappa shape index (κ3) is 1.70. The topological polar surface area (TPSA) is 38.4 Å². The normalized spacial score (nSPS) is 15.9. The van der Waals surface area contributed by atoms with Gasteiger partial charge in [-0.25, -0.2) is 4.99 Å². The molecule has 0 atom stereocenters. The maximum Gasteiger partial charge on any atom is 0.100 e. The molecule has 0 radical (unpaired) electrons. The number of benzene rings is 1. The fourth-order valence-electron chi connectivity index (χ4n) is 1.38. The first-order chi connectivity index (χ1) is 6.27. The van der Waals surface area contributed by atoms with Crippen LogP contribution in [0.1, 0.15) is 12.0 Å². The molecule has 1 heterocycles. The molecule has 1 aliphatic heterocycles. The molecular formula is C10H12N2S. The van der Waals surface area contributed by atoms with Crippen molar-refractivity contribution in [3.05, 3.63) is 23.8 Å². The van der Waals surface area contributed by atoms with Crippen LogP contribution in [-0.4, -0.2) is 11.6 Å². The molecule has 68 valence electrons. The third-order valence-corrected chi connectivity index (χ3v) is 3.29. The van der Waals surface area contributed by atoms with E-state index in [1.165, 1.54) is 10.5 Å². The molecule has 0 fully saturated rings. The minimum Gasteiger partial charge on any atom is -0.387 e. The fraction of sp³-hybridized carbons (Fsp3) is 0.300. The molecule has 1 aromatic carbocycles. The van der Waals surface area contributed by atoms with E-state index in [1.807, 2.05) is 23.9 Å². The summed E-state index contributed by atoms with van der Waals surface area (Å²) in [5.74, 6) is 1.78. The van der Waals surface area contributed by atoms with Gasteiger partial charge in [0.25, 0.3) is 0 Å². The van der Waals surface area contributed by atoms with Gasteiger partial charge in [0, 0.05) is 17.1 Å². The summed E-state index contributed by atoms with van der Waals surface area (Å²) in [5.41, 5.74) is 8.06. The van der Waals surface area contributed by atoms with Crippen molar-refractivity contribution < 1.29 is 0 Å². The van der Waals surface area contributed by atoms with Crippen molar-refractivity contribution in [2.45, 2.75) is 18.2 Å². The highest BCUT2D eigenvalue weighted by Crippen LogP contribution is 2.34. The number of hydrogen-bond acceptors (Lipinski definition) is 3. The second kappa shape index (κ2) is 3.42. The van der Waals surface area contributed by atoms with Gasteiger partial charge in [-0.05, 0) is 18.6 Å². The summed E-state index contributed by atoms with van der Waals surface area (Å²) in [7, 11) is 0. The van der Waals surface area contributed by atoms with Crippen LogP contribution in [0.25, 0.3) is 0 Å². The molecule has 0 spiro atoms. The molecule has 0 aromatic heterocycles. The van der Waals surface area contributed by atoms with Gasteiger partial charge in [0.2, 0.25) is 0 Å². The SMILES string of the molecule is Cc1cccc2c1SCCC(N)=N2. The lowest BCUT2D eigenvalue weighted by molar-refractivity contribution is 1.26. The fourth-order valence-corrected chi connectivity index (χ4v) is 2.45. The Morgan fingerprint density at radius 2 is 2.31 bits per heavy atom. The molecular weight excluding hydrogens is 180 g/mol. The first-order valence-corrected chi connectivity index (χ1v) is 5.31. The average Bonchev–Trinajstić information content (AvgIpc) is 2.27. The zero-order valence-electron chi connectivity index (χ0n) is 7.58. The van der Waals surface area contributed by atoms with Gasteiger partial charge in [-0.3, -0.25) is 0 Å². The van der Waals surface area contributed by atoms with Crippen molar-refractivity contribution in [2.75, 3.05) is 5.75 Å². The lowest BCUT2D eigenvalue weighted by atomic mass is 10.2. The van der Waals surface area contributed by atoms with E-state index in [2.05, 4.69) is 18.0 Å². The second-order valence-electron chi connectivity index (χ2n) is 3.12. The van der Waals surface area contributed by atoms with E-state index in [-0.39, 0.29) is 0 Å². The highest BCUT2D eigenvalue weighted by Gasteiger charge is 2.09. The van der Waals surface area contributed by atoms with Crippen LogP contribution in [0.5, 0.6) is 0 Å². The molecule has 0 aliphatic carbocycles. The number of amidine groups is 1. The second-order valence-corrected chi connectivity index (χ2v) is 4.23. The number of rotatable bonds is 0. The van der Waals surface area contributed by atoms with Gasteiger partial charge in [0.1, 0.15) is 5.84 Å². The molecule has 2 N–H and O–H groups in total. The van der Waals surface area contributed by atoms with Crippen LogP contribution in [0.2, 0.25) is 0 Å². The van der Waals surface area contributed by atoms with Gasteiger partial charge >= 0.3 is 0 Å². The molecule has 1 aliphatic rings. The highest BCUT2D eigenvalue weighted by molar-refractivity contribution is 7.99. The minimum atomic E-state index is 0.747. The number of nitrogens with two attached hydrogens (primary N) is 1. The van der Waals surface area contributed by atoms with Crippen LogP contribution >= 0.6 is 11.8 Å². The molecule has 3 heteroatoms. The van der Waals surface area contributed by atoms with Crippen molar-refractivity contribution in [3.8, 4) is 0 Å². The predicted octanol–water partition coefficient (Wildman–Crippen LogP) is 2.48. The van der Waals surface area contributed by atoms with Crippen molar-refractivity contribution in [3.63, 3.8) is 0 Å². The Hall–Kier alpha value is -0.960. The highest BCUT2D eigenvalue weighted by atomic mass is 32.2. The zero-order chi connectivity index (χ0) is 9.26. The molecule has 2 nitrogen and oxygen atoms in total. The molecule has 0 unspecified atom stereocenters. The Morgan fingerprint density at radius 3 is 3.15 bits per heavy atom. The molecule has 0 saturated carbocycles. The number of aliphatic imine (C=N–C) groups is 1. The van der Waals surface area contributed by atoms with Crippen molar-refractivity contribution in [1.29, 1.82) is 0 Å². The first kappa shape index (κ1) is 8.63. The van der Waals surface area contributed by atoms with E-state index < -0.39 is 0 Å². The van der Waals surface area contributed by atoms with E-state index in [4.69, 9.17) is 5.73 Å². The van der Waals surface area contributed by atoms with Crippen LogP contribution in [0, 0.1) is 6.92 Å². The number of hydrogen-bond donors (Lipinski definition) is 1. The van der Waals surface area contributed by atoms with Crippen LogP contribution in [0.4, 0.5) is 5.69 Å². The molecule has 0 saturated heterocycles. The summed E-state index contributed by atoms with van der Waals surface area (Å²) in [5, 5.41) is 0. The van der Waals surface area contributed by atoms with E-state index >= 15 is 0 Å². The van der Waals surface area contributed by atoms with Crippen molar-refractivity contribution in [2.24, 2.45) is 10.7 Å². The Kier molecular flexibility index (Phi) is 2.27. The molecule has 1 aromatic rings. The van der Waals surface area contributed by atoms with E-state index in [0.29, 0.717) is 0 Å². The van der Waals surface area contributed by atoms with Gasteiger partial charge < -0.3 is 5.73 Å². The minimum absolute atomic E-state index is 0.747. The summed E-state index contributed by atoms with van der Waals surface area (Å²) in [6.45, 7) is 2.11. The molecule has 0 bridgehead atoms. The summed E-state index contributed by atoms with van der Waals surface area (Å²) in [6.07, 6.45) is 0.888. The van der Waals surface area contributed by atoms with E-state index in [0.717, 1.165) is 23.7 Å². The predicted molar refractivity (Wildman–Crippen MR) is 57.8 cm³/mol. The van der Waals surface area contributed by atoms with E-state index in [1.54, 1.807) is 0 Å². The monoisotopic (exact) mass is 192 g/mol. The molecule has 13 heavy (non-hydrogen) atoms. The summed E-state index contributed by atoms with van der Waals surface area (Å²) in [4.78, 5) is 5.65. The number of aryl methyl sites for hydroxylation is 1. The van der Waals surface area contributed by atoms with Gasteiger partial charge in [-0.1, -0.05) is 12.1 Å². The van der Waals surface area contributed by atoms with Crippen LogP contribution in [0.15, 0.2) is 28.1 Å². The Labute approximate surface area is 82.2 Å². The number of nitrogens with zero attached hydrogens (tertiary/aromatic N) is 1. The largest absolute Gasteiger partial charge is 0.387 e. The Bertz CT molecular complexity index is 358. The third-order valence-electron chi connectivity index (χ3n) is 2.06. The summed E-state index contributed by atoms with van der Waals surface area (Å²) in [6, 6.07) is 6.16. The van der Waals surface area contributed by atoms with Crippen molar-refractivity contribution >= 4 is 23.3 Å². The Morgan fingerprint density at radius 1 is 1.46 bits per heavy atom. The zero-order valence-corrected chi connectivity index (χ0v) is 8.40.